The second-order valence-corrected chi connectivity index (χ2v) is 6.73. The molecule has 23 heavy (non-hydrogen) atoms. The highest BCUT2D eigenvalue weighted by molar-refractivity contribution is 7.89. The van der Waals surface area contributed by atoms with Gasteiger partial charge in [-0.3, -0.25) is 0 Å². The highest BCUT2D eigenvalue weighted by Gasteiger charge is 2.16. The molecule has 8 heteroatoms. The third-order valence-corrected chi connectivity index (χ3v) is 4.59. The zero-order chi connectivity index (χ0) is 16.9. The molecule has 5 nitrogen and oxygen atoms in total. The monoisotopic (exact) mass is 341 g/mol. The molecule has 124 valence electrons. The van der Waals surface area contributed by atoms with Gasteiger partial charge in [0.2, 0.25) is 10.0 Å². The Morgan fingerprint density at radius 2 is 1.87 bits per heavy atom. The molecule has 1 heterocycles. The van der Waals surface area contributed by atoms with E-state index in [-0.39, 0.29) is 6.54 Å². The molecule has 0 unspecified atom stereocenters. The van der Waals surface area contributed by atoms with Gasteiger partial charge in [-0.1, -0.05) is 6.07 Å². The number of nitrogens with one attached hydrogen (secondary N) is 1. The first-order valence-corrected chi connectivity index (χ1v) is 8.45. The van der Waals surface area contributed by atoms with Gasteiger partial charge in [0.25, 0.3) is 0 Å². The minimum atomic E-state index is -3.93. The Balaban J connectivity index is 1.88. The fraction of sp³-hybridized carbons (Fsp3) is 0.267. The van der Waals surface area contributed by atoms with Crippen LogP contribution in [0.2, 0.25) is 0 Å². The van der Waals surface area contributed by atoms with E-state index >= 15 is 0 Å². The van der Waals surface area contributed by atoms with E-state index in [2.05, 4.69) is 9.71 Å². The smallest absolute Gasteiger partial charge is 0.240 e. The molecule has 1 N–H and O–H groups in total. The number of benzene rings is 1. The largest absolute Gasteiger partial charge is 0.360 e. The van der Waals surface area contributed by atoms with Gasteiger partial charge < -0.3 is 4.90 Å². The van der Waals surface area contributed by atoms with Crippen LogP contribution in [0.4, 0.5) is 14.6 Å². The molecule has 0 aliphatic rings. The molecule has 0 saturated heterocycles. The van der Waals surface area contributed by atoms with E-state index in [9.17, 15) is 17.2 Å². The van der Waals surface area contributed by atoms with Gasteiger partial charge in [-0.2, -0.15) is 0 Å². The topological polar surface area (TPSA) is 62.3 Å². The van der Waals surface area contributed by atoms with E-state index in [4.69, 9.17) is 0 Å². The predicted molar refractivity (Wildman–Crippen MR) is 83.7 cm³/mol. The zero-order valence-corrected chi connectivity index (χ0v) is 13.4. The third kappa shape index (κ3) is 4.97. The van der Waals surface area contributed by atoms with Crippen molar-refractivity contribution in [1.82, 2.24) is 9.71 Å². The number of aromatic nitrogens is 1. The van der Waals surface area contributed by atoms with E-state index in [1.165, 1.54) is 0 Å². The van der Waals surface area contributed by atoms with Crippen LogP contribution < -0.4 is 9.62 Å². The Kier molecular flexibility index (Phi) is 5.62. The first-order valence-electron chi connectivity index (χ1n) is 6.96. The number of rotatable bonds is 7. The van der Waals surface area contributed by atoms with Crippen molar-refractivity contribution < 1.29 is 17.2 Å². The lowest BCUT2D eigenvalue weighted by Gasteiger charge is -2.17. The van der Waals surface area contributed by atoms with E-state index in [1.54, 1.807) is 6.20 Å². The maximum absolute atomic E-state index is 13.1. The number of halogens is 2. The van der Waals surface area contributed by atoms with Crippen LogP contribution in [0.1, 0.15) is 6.42 Å². The Morgan fingerprint density at radius 1 is 1.17 bits per heavy atom. The zero-order valence-electron chi connectivity index (χ0n) is 12.5. The van der Waals surface area contributed by atoms with Gasteiger partial charge in [0, 0.05) is 32.4 Å². The Bertz CT molecular complexity index is 734. The summed E-state index contributed by atoms with van der Waals surface area (Å²) in [6, 6.07) is 7.71. The predicted octanol–water partition coefficient (Wildman–Crippen LogP) is 2.16. The van der Waals surface area contributed by atoms with Crippen LogP contribution in [0, 0.1) is 11.6 Å². The van der Waals surface area contributed by atoms with Gasteiger partial charge in [0.15, 0.2) is 0 Å². The van der Waals surface area contributed by atoms with Gasteiger partial charge in [-0.15, -0.1) is 0 Å². The van der Waals surface area contributed by atoms with E-state index < -0.39 is 26.6 Å². The summed E-state index contributed by atoms with van der Waals surface area (Å²) in [4.78, 5) is 5.64. The molecular formula is C15H17F2N3O2S. The van der Waals surface area contributed by atoms with Gasteiger partial charge in [-0.05, 0) is 30.7 Å². The van der Waals surface area contributed by atoms with Crippen molar-refractivity contribution in [2.24, 2.45) is 0 Å². The molecule has 0 saturated carbocycles. The first-order chi connectivity index (χ1) is 10.9. The summed E-state index contributed by atoms with van der Waals surface area (Å²) in [5.74, 6) is -1.08. The molecule has 0 aliphatic carbocycles. The SMILES string of the molecule is CN(CCCNS(=O)(=O)c1cc(F)cc(F)c1)c1ccccn1. The molecule has 2 rings (SSSR count). The summed E-state index contributed by atoms with van der Waals surface area (Å²) in [6.45, 7) is 0.731. The summed E-state index contributed by atoms with van der Waals surface area (Å²) in [5, 5.41) is 0. The summed E-state index contributed by atoms with van der Waals surface area (Å²) >= 11 is 0. The highest BCUT2D eigenvalue weighted by atomic mass is 32.2. The number of nitrogens with zero attached hydrogens (tertiary/aromatic N) is 2. The summed E-state index contributed by atoms with van der Waals surface area (Å²) in [5.41, 5.74) is 0. The van der Waals surface area contributed by atoms with Crippen molar-refractivity contribution >= 4 is 15.8 Å². The average Bonchev–Trinajstić information content (AvgIpc) is 2.51. The van der Waals surface area contributed by atoms with Crippen molar-refractivity contribution in [3.8, 4) is 0 Å². The van der Waals surface area contributed by atoms with E-state index in [0.29, 0.717) is 19.0 Å². The lowest BCUT2D eigenvalue weighted by molar-refractivity contribution is 0.560. The molecule has 1 aromatic heterocycles. The fourth-order valence-corrected chi connectivity index (χ4v) is 3.10. The van der Waals surface area contributed by atoms with Crippen molar-refractivity contribution in [2.75, 3.05) is 25.0 Å². The molecule has 0 amide bonds. The van der Waals surface area contributed by atoms with E-state index in [0.717, 1.165) is 18.0 Å². The maximum atomic E-state index is 13.1. The molecule has 0 atom stereocenters. The lowest BCUT2D eigenvalue weighted by Crippen LogP contribution is -2.28. The Hall–Kier alpha value is -2.06. The van der Waals surface area contributed by atoms with Crippen LogP contribution in [0.25, 0.3) is 0 Å². The third-order valence-electron chi connectivity index (χ3n) is 3.15. The minimum absolute atomic E-state index is 0.150. The summed E-state index contributed by atoms with van der Waals surface area (Å²) in [7, 11) is -2.09. The molecule has 0 aliphatic heterocycles. The lowest BCUT2D eigenvalue weighted by atomic mass is 10.3. The van der Waals surface area contributed by atoms with Crippen LogP contribution >= 0.6 is 0 Å². The molecule has 0 bridgehead atoms. The number of hydrogen-bond acceptors (Lipinski definition) is 4. The molecule has 0 spiro atoms. The van der Waals surface area contributed by atoms with Crippen LogP contribution in [-0.4, -0.2) is 33.5 Å². The quantitative estimate of drug-likeness (QED) is 0.784. The Labute approximate surface area is 134 Å². The average molecular weight is 341 g/mol. The molecular weight excluding hydrogens is 324 g/mol. The normalized spacial score (nSPS) is 11.4. The van der Waals surface area contributed by atoms with Crippen LogP contribution in [0.15, 0.2) is 47.5 Å². The summed E-state index contributed by atoms with van der Waals surface area (Å²) in [6.07, 6.45) is 2.19. The number of anilines is 1. The Morgan fingerprint density at radius 3 is 2.48 bits per heavy atom. The molecule has 0 fully saturated rings. The summed E-state index contributed by atoms with van der Waals surface area (Å²) < 4.78 is 52.5. The van der Waals surface area contributed by atoms with Crippen molar-refractivity contribution in [2.45, 2.75) is 11.3 Å². The van der Waals surface area contributed by atoms with Crippen molar-refractivity contribution in [1.29, 1.82) is 0 Å². The second-order valence-electron chi connectivity index (χ2n) is 4.97. The first kappa shape index (κ1) is 17.3. The number of sulfonamides is 1. The molecule has 2 aromatic rings. The second kappa shape index (κ2) is 7.47. The standard InChI is InChI=1S/C15H17F2N3O2S/c1-20(15-5-2-3-6-18-15)8-4-7-19-23(21,22)14-10-12(16)9-13(17)11-14/h2-3,5-6,9-11,19H,4,7-8H2,1H3. The van der Waals surface area contributed by atoms with Crippen LogP contribution in [-0.2, 0) is 10.0 Å². The number of hydrogen-bond donors (Lipinski definition) is 1. The number of pyridine rings is 1. The van der Waals surface area contributed by atoms with Gasteiger partial charge in [0.05, 0.1) is 4.90 Å². The highest BCUT2D eigenvalue weighted by Crippen LogP contribution is 2.13. The minimum Gasteiger partial charge on any atom is -0.360 e. The van der Waals surface area contributed by atoms with Crippen molar-refractivity contribution in [3.63, 3.8) is 0 Å². The van der Waals surface area contributed by atoms with Gasteiger partial charge in [-0.25, -0.2) is 26.9 Å². The molecule has 1 aromatic carbocycles. The fourth-order valence-electron chi connectivity index (χ4n) is 1.98. The van der Waals surface area contributed by atoms with Gasteiger partial charge in [0.1, 0.15) is 17.5 Å². The van der Waals surface area contributed by atoms with Crippen LogP contribution in [0.3, 0.4) is 0 Å². The van der Waals surface area contributed by atoms with Crippen molar-refractivity contribution in [3.05, 3.63) is 54.2 Å². The van der Waals surface area contributed by atoms with Gasteiger partial charge >= 0.3 is 0 Å². The van der Waals surface area contributed by atoms with Crippen LogP contribution in [0.5, 0.6) is 0 Å². The van der Waals surface area contributed by atoms with E-state index in [1.807, 2.05) is 30.1 Å². The molecule has 0 radical (unpaired) electrons. The maximum Gasteiger partial charge on any atom is 0.240 e.